The Kier molecular flexibility index (Phi) is 6.39. The van der Waals surface area contributed by atoms with E-state index in [1.54, 1.807) is 10.7 Å². The fourth-order valence-corrected chi connectivity index (χ4v) is 2.87. The summed E-state index contributed by atoms with van der Waals surface area (Å²) in [5.74, 6) is 1.49. The van der Waals surface area contributed by atoms with Crippen molar-refractivity contribution in [2.24, 2.45) is 7.05 Å². The maximum absolute atomic E-state index is 12.5. The van der Waals surface area contributed by atoms with Gasteiger partial charge in [-0.1, -0.05) is 6.07 Å². The Hall–Kier alpha value is -2.12. The standard InChI is InChI=1S/C17H24N6O.ClH/c1-22(2)14-6-4-5-13(11-14)16(24)20-17-19-15(21-23(17)3)12-7-9-18-10-8-12;/h4-6,11-12,18H,7-10H2,1-3H3,(H,19,20,21,24);1H. The van der Waals surface area contributed by atoms with E-state index in [0.717, 1.165) is 37.4 Å². The number of carbonyl (C=O) groups excluding carboxylic acids is 1. The van der Waals surface area contributed by atoms with Gasteiger partial charge in [0, 0.05) is 38.3 Å². The van der Waals surface area contributed by atoms with Gasteiger partial charge in [-0.15, -0.1) is 12.4 Å². The molecule has 8 heteroatoms. The van der Waals surface area contributed by atoms with Gasteiger partial charge in [-0.25, -0.2) is 4.68 Å². The number of rotatable bonds is 4. The summed E-state index contributed by atoms with van der Waals surface area (Å²) >= 11 is 0. The number of aromatic nitrogens is 3. The van der Waals surface area contributed by atoms with Gasteiger partial charge in [0.15, 0.2) is 5.82 Å². The quantitative estimate of drug-likeness (QED) is 0.868. The number of piperidine rings is 1. The SMILES string of the molecule is CN(C)c1cccc(C(=O)Nc2nc(C3CCNCC3)nn2C)c1.Cl. The van der Waals surface area contributed by atoms with Crippen molar-refractivity contribution < 1.29 is 4.79 Å². The highest BCUT2D eigenvalue weighted by molar-refractivity contribution is 6.03. The van der Waals surface area contributed by atoms with Crippen LogP contribution in [0.25, 0.3) is 0 Å². The van der Waals surface area contributed by atoms with Gasteiger partial charge >= 0.3 is 0 Å². The Balaban J connectivity index is 0.00000225. The molecular weight excluding hydrogens is 340 g/mol. The lowest BCUT2D eigenvalue weighted by molar-refractivity contribution is 0.102. The van der Waals surface area contributed by atoms with Crippen LogP contribution in [0.15, 0.2) is 24.3 Å². The summed E-state index contributed by atoms with van der Waals surface area (Å²) in [6, 6.07) is 7.50. The van der Waals surface area contributed by atoms with Crippen molar-refractivity contribution in [3.8, 4) is 0 Å². The molecule has 2 heterocycles. The molecule has 0 radical (unpaired) electrons. The highest BCUT2D eigenvalue weighted by atomic mass is 35.5. The highest BCUT2D eigenvalue weighted by Crippen LogP contribution is 2.23. The first kappa shape index (κ1) is 19.2. The van der Waals surface area contributed by atoms with Crippen molar-refractivity contribution in [2.75, 3.05) is 37.4 Å². The molecule has 0 bridgehead atoms. The molecule has 1 fully saturated rings. The minimum atomic E-state index is -0.175. The molecule has 2 aromatic rings. The van der Waals surface area contributed by atoms with E-state index in [-0.39, 0.29) is 18.3 Å². The number of nitrogens with one attached hydrogen (secondary N) is 2. The van der Waals surface area contributed by atoms with Gasteiger partial charge in [-0.3, -0.25) is 10.1 Å². The maximum atomic E-state index is 12.5. The smallest absolute Gasteiger partial charge is 0.258 e. The van der Waals surface area contributed by atoms with Crippen LogP contribution in [0.4, 0.5) is 11.6 Å². The first-order chi connectivity index (χ1) is 11.5. The lowest BCUT2D eigenvalue weighted by Crippen LogP contribution is -2.27. The third kappa shape index (κ3) is 4.49. The van der Waals surface area contributed by atoms with Crippen LogP contribution in [0.2, 0.25) is 0 Å². The Morgan fingerprint density at radius 1 is 1.32 bits per heavy atom. The molecule has 0 atom stereocenters. The van der Waals surface area contributed by atoms with Crippen LogP contribution in [0.3, 0.4) is 0 Å². The summed E-state index contributed by atoms with van der Waals surface area (Å²) in [5, 5.41) is 10.7. The Morgan fingerprint density at radius 2 is 2.04 bits per heavy atom. The van der Waals surface area contributed by atoms with Crippen LogP contribution in [0.5, 0.6) is 0 Å². The number of aryl methyl sites for hydroxylation is 1. The number of hydrogen-bond acceptors (Lipinski definition) is 5. The third-order valence-electron chi connectivity index (χ3n) is 4.33. The number of hydrogen-bond donors (Lipinski definition) is 2. The molecule has 1 saturated heterocycles. The molecular formula is C17H25ClN6O. The molecule has 0 spiro atoms. The van der Waals surface area contributed by atoms with E-state index in [4.69, 9.17) is 0 Å². The summed E-state index contributed by atoms with van der Waals surface area (Å²) in [5.41, 5.74) is 1.59. The molecule has 1 aromatic carbocycles. The molecule has 1 aromatic heterocycles. The zero-order valence-corrected chi connectivity index (χ0v) is 15.6. The second-order valence-electron chi connectivity index (χ2n) is 6.34. The molecule has 0 unspecified atom stereocenters. The molecule has 1 amide bonds. The third-order valence-corrected chi connectivity index (χ3v) is 4.33. The molecule has 2 N–H and O–H groups in total. The molecule has 3 rings (SSSR count). The minimum Gasteiger partial charge on any atom is -0.378 e. The Morgan fingerprint density at radius 3 is 2.72 bits per heavy atom. The van der Waals surface area contributed by atoms with Gasteiger partial charge in [-0.2, -0.15) is 10.1 Å². The van der Waals surface area contributed by atoms with Crippen molar-refractivity contribution in [1.29, 1.82) is 0 Å². The Bertz CT molecular complexity index is 724. The summed E-state index contributed by atoms with van der Waals surface area (Å²) in [4.78, 5) is 19.0. The van der Waals surface area contributed by atoms with Gasteiger partial charge in [0.25, 0.3) is 5.91 Å². The first-order valence-corrected chi connectivity index (χ1v) is 8.25. The van der Waals surface area contributed by atoms with Crippen molar-refractivity contribution in [2.45, 2.75) is 18.8 Å². The highest BCUT2D eigenvalue weighted by Gasteiger charge is 2.21. The van der Waals surface area contributed by atoms with Crippen LogP contribution in [-0.2, 0) is 7.05 Å². The fraction of sp³-hybridized carbons (Fsp3) is 0.471. The molecule has 1 aliphatic heterocycles. The van der Waals surface area contributed by atoms with Crippen LogP contribution in [0, 0.1) is 0 Å². The zero-order chi connectivity index (χ0) is 17.1. The van der Waals surface area contributed by atoms with Crippen molar-refractivity contribution in [1.82, 2.24) is 20.1 Å². The maximum Gasteiger partial charge on any atom is 0.258 e. The van der Waals surface area contributed by atoms with Crippen LogP contribution in [0.1, 0.15) is 34.9 Å². The van der Waals surface area contributed by atoms with E-state index >= 15 is 0 Å². The number of halogens is 1. The molecule has 1 aliphatic rings. The monoisotopic (exact) mass is 364 g/mol. The molecule has 136 valence electrons. The average molecular weight is 365 g/mol. The topological polar surface area (TPSA) is 75.1 Å². The molecule has 7 nitrogen and oxygen atoms in total. The van der Waals surface area contributed by atoms with E-state index < -0.39 is 0 Å². The summed E-state index contributed by atoms with van der Waals surface area (Å²) < 4.78 is 1.64. The molecule has 0 saturated carbocycles. The predicted octanol–water partition coefficient (Wildman–Crippen LogP) is 2.02. The van der Waals surface area contributed by atoms with Crippen molar-refractivity contribution >= 4 is 29.9 Å². The van der Waals surface area contributed by atoms with E-state index in [2.05, 4.69) is 20.7 Å². The van der Waals surface area contributed by atoms with Crippen LogP contribution in [-0.4, -0.2) is 47.9 Å². The van der Waals surface area contributed by atoms with Gasteiger partial charge in [-0.05, 0) is 44.1 Å². The number of amides is 1. The van der Waals surface area contributed by atoms with Crippen LogP contribution < -0.4 is 15.5 Å². The summed E-state index contributed by atoms with van der Waals surface area (Å²) in [6.07, 6.45) is 2.06. The number of benzene rings is 1. The number of anilines is 2. The van der Waals surface area contributed by atoms with Crippen LogP contribution >= 0.6 is 12.4 Å². The van der Waals surface area contributed by atoms with Gasteiger partial charge in [0.1, 0.15) is 0 Å². The van der Waals surface area contributed by atoms with E-state index in [1.165, 1.54) is 0 Å². The lowest BCUT2D eigenvalue weighted by Gasteiger charge is -2.19. The normalized spacial score (nSPS) is 14.7. The lowest BCUT2D eigenvalue weighted by atomic mass is 9.98. The molecule has 0 aliphatic carbocycles. The zero-order valence-electron chi connectivity index (χ0n) is 14.8. The van der Waals surface area contributed by atoms with Gasteiger partial charge in [0.05, 0.1) is 0 Å². The largest absolute Gasteiger partial charge is 0.378 e. The first-order valence-electron chi connectivity index (χ1n) is 8.25. The van der Waals surface area contributed by atoms with E-state index in [1.807, 2.05) is 44.2 Å². The van der Waals surface area contributed by atoms with Crippen molar-refractivity contribution in [3.63, 3.8) is 0 Å². The average Bonchev–Trinajstić information content (AvgIpc) is 2.96. The number of nitrogens with zero attached hydrogens (tertiary/aromatic N) is 4. The van der Waals surface area contributed by atoms with Crippen molar-refractivity contribution in [3.05, 3.63) is 35.7 Å². The molecule has 25 heavy (non-hydrogen) atoms. The van der Waals surface area contributed by atoms with E-state index in [9.17, 15) is 4.79 Å². The minimum absolute atomic E-state index is 0. The summed E-state index contributed by atoms with van der Waals surface area (Å²) in [6.45, 7) is 1.98. The van der Waals surface area contributed by atoms with Gasteiger partial charge in [0.2, 0.25) is 5.95 Å². The fourth-order valence-electron chi connectivity index (χ4n) is 2.87. The van der Waals surface area contributed by atoms with Gasteiger partial charge < -0.3 is 10.2 Å². The number of carbonyl (C=O) groups is 1. The second kappa shape index (κ2) is 8.31. The summed E-state index contributed by atoms with van der Waals surface area (Å²) in [7, 11) is 5.71. The second-order valence-corrected chi connectivity index (χ2v) is 6.34. The Labute approximate surface area is 154 Å². The predicted molar refractivity (Wildman–Crippen MR) is 102 cm³/mol. The van der Waals surface area contributed by atoms with E-state index in [0.29, 0.717) is 17.4 Å².